The van der Waals surface area contributed by atoms with Gasteiger partial charge in [0, 0.05) is 24.6 Å². The first-order valence-electron chi connectivity index (χ1n) is 9.72. The molecule has 0 bridgehead atoms. The minimum atomic E-state index is 0.0504. The van der Waals surface area contributed by atoms with Gasteiger partial charge in [0.1, 0.15) is 0 Å². The molecule has 1 amide bonds. The topological polar surface area (TPSA) is 71.7 Å². The zero-order valence-electron chi connectivity index (χ0n) is 15.7. The van der Waals surface area contributed by atoms with E-state index in [1.165, 1.54) is 0 Å². The van der Waals surface area contributed by atoms with Crippen LogP contribution in [0.1, 0.15) is 31.7 Å². The Morgan fingerprint density at radius 1 is 1.11 bits per heavy atom. The third-order valence-electron chi connectivity index (χ3n) is 5.58. The molecule has 27 heavy (non-hydrogen) atoms. The van der Waals surface area contributed by atoms with Crippen LogP contribution in [0.5, 0.6) is 0 Å². The molecule has 0 radical (unpaired) electrons. The molecular weight excluding hydrogens is 344 g/mol. The summed E-state index contributed by atoms with van der Waals surface area (Å²) in [7, 11) is 0. The number of rotatable bonds is 4. The number of ether oxygens (including phenoxy) is 1. The Hall–Kier alpha value is -2.25. The molecule has 7 heteroatoms. The summed E-state index contributed by atoms with van der Waals surface area (Å²) in [4.78, 5) is 21.5. The first-order chi connectivity index (χ1) is 13.2. The lowest BCUT2D eigenvalue weighted by atomic mass is 9.94. The molecule has 3 heterocycles. The number of aromatic nitrogens is 2. The predicted octanol–water partition coefficient (Wildman–Crippen LogP) is 2.37. The first-order valence-corrected chi connectivity index (χ1v) is 9.72. The maximum atomic E-state index is 12.7. The molecule has 1 unspecified atom stereocenters. The second-order valence-electron chi connectivity index (χ2n) is 7.25. The van der Waals surface area contributed by atoms with Crippen molar-refractivity contribution in [3.05, 3.63) is 36.2 Å². The Morgan fingerprint density at radius 2 is 1.81 bits per heavy atom. The van der Waals surface area contributed by atoms with Gasteiger partial charge in [0.05, 0.1) is 19.3 Å². The van der Waals surface area contributed by atoms with E-state index in [1.54, 1.807) is 0 Å². The smallest absolute Gasteiger partial charge is 0.244 e. The highest BCUT2D eigenvalue weighted by molar-refractivity contribution is 5.79. The molecule has 4 rings (SSSR count). The molecule has 1 aromatic carbocycles. The first kappa shape index (κ1) is 18.1. The molecule has 1 atom stereocenters. The second-order valence-corrected chi connectivity index (χ2v) is 7.25. The molecule has 7 nitrogen and oxygen atoms in total. The van der Waals surface area contributed by atoms with E-state index >= 15 is 0 Å². The van der Waals surface area contributed by atoms with E-state index in [0.717, 1.165) is 44.6 Å². The molecule has 0 aliphatic carbocycles. The Balaban J connectivity index is 1.34. The van der Waals surface area contributed by atoms with E-state index < -0.39 is 0 Å². The van der Waals surface area contributed by atoms with Crippen molar-refractivity contribution in [2.24, 2.45) is 5.92 Å². The zero-order valence-corrected chi connectivity index (χ0v) is 15.7. The van der Waals surface area contributed by atoms with Crippen molar-refractivity contribution >= 4 is 5.91 Å². The normalized spacial score (nSPS) is 20.6. The van der Waals surface area contributed by atoms with Crippen LogP contribution in [-0.4, -0.2) is 65.2 Å². The zero-order chi connectivity index (χ0) is 18.6. The van der Waals surface area contributed by atoms with Crippen molar-refractivity contribution in [3.8, 4) is 11.4 Å². The largest absolute Gasteiger partial charge is 0.378 e. The lowest BCUT2D eigenvalue weighted by Gasteiger charge is -2.37. The fourth-order valence-corrected chi connectivity index (χ4v) is 3.84. The van der Waals surface area contributed by atoms with Gasteiger partial charge in [-0.3, -0.25) is 9.69 Å². The van der Waals surface area contributed by atoms with E-state index in [-0.39, 0.29) is 17.9 Å². The van der Waals surface area contributed by atoms with Crippen LogP contribution in [-0.2, 0) is 9.53 Å². The van der Waals surface area contributed by atoms with Gasteiger partial charge >= 0.3 is 0 Å². The molecule has 2 fully saturated rings. The average molecular weight is 370 g/mol. The average Bonchev–Trinajstić information content (AvgIpc) is 3.24. The molecule has 2 saturated heterocycles. The van der Waals surface area contributed by atoms with Crippen LogP contribution in [0.15, 0.2) is 34.9 Å². The number of hydrogen-bond donors (Lipinski definition) is 0. The van der Waals surface area contributed by atoms with E-state index in [1.807, 2.05) is 35.2 Å². The van der Waals surface area contributed by atoms with Crippen molar-refractivity contribution in [1.29, 1.82) is 0 Å². The van der Waals surface area contributed by atoms with Crippen molar-refractivity contribution < 1.29 is 14.1 Å². The van der Waals surface area contributed by atoms with Crippen molar-refractivity contribution in [2.75, 3.05) is 39.4 Å². The summed E-state index contributed by atoms with van der Waals surface area (Å²) in [6.07, 6.45) is 1.75. The second kappa shape index (κ2) is 8.19. The lowest BCUT2D eigenvalue weighted by Crippen LogP contribution is -2.47. The maximum absolute atomic E-state index is 12.7. The van der Waals surface area contributed by atoms with Gasteiger partial charge in [-0.2, -0.15) is 4.98 Å². The van der Waals surface area contributed by atoms with Gasteiger partial charge in [0.15, 0.2) is 0 Å². The third kappa shape index (κ3) is 4.04. The number of hydrogen-bond acceptors (Lipinski definition) is 6. The highest BCUT2D eigenvalue weighted by Gasteiger charge is 2.32. The van der Waals surface area contributed by atoms with Gasteiger partial charge < -0.3 is 14.2 Å². The molecule has 2 aliphatic rings. The molecule has 0 spiro atoms. The number of likely N-dealkylation sites (tertiary alicyclic amines) is 1. The van der Waals surface area contributed by atoms with Crippen LogP contribution in [0.4, 0.5) is 0 Å². The SMILES string of the molecule is CC(c1nc(-c2ccccc2)no1)N1CCC(C(=O)N2CCOCC2)CC1. The van der Waals surface area contributed by atoms with E-state index in [4.69, 9.17) is 9.26 Å². The number of amides is 1. The summed E-state index contributed by atoms with van der Waals surface area (Å²) >= 11 is 0. The molecule has 144 valence electrons. The summed E-state index contributed by atoms with van der Waals surface area (Å²) in [5.74, 6) is 1.66. The van der Waals surface area contributed by atoms with Crippen LogP contribution in [0.3, 0.4) is 0 Å². The maximum Gasteiger partial charge on any atom is 0.244 e. The fraction of sp³-hybridized carbons (Fsp3) is 0.550. The highest BCUT2D eigenvalue weighted by atomic mass is 16.5. The van der Waals surface area contributed by atoms with Crippen LogP contribution < -0.4 is 0 Å². The van der Waals surface area contributed by atoms with Crippen molar-refractivity contribution in [1.82, 2.24) is 19.9 Å². The minimum absolute atomic E-state index is 0.0504. The molecule has 0 saturated carbocycles. The Labute approximate surface area is 159 Å². The molecule has 2 aromatic rings. The van der Waals surface area contributed by atoms with Crippen molar-refractivity contribution in [2.45, 2.75) is 25.8 Å². The van der Waals surface area contributed by atoms with Gasteiger partial charge in [-0.15, -0.1) is 0 Å². The standard InChI is InChI=1S/C20H26N4O3/c1-15(19-21-18(22-27-19)16-5-3-2-4-6-16)23-9-7-17(8-10-23)20(25)24-11-13-26-14-12-24/h2-6,15,17H,7-14H2,1H3. The predicted molar refractivity (Wildman–Crippen MR) is 99.8 cm³/mol. The lowest BCUT2D eigenvalue weighted by molar-refractivity contribution is -0.141. The van der Waals surface area contributed by atoms with E-state index in [0.29, 0.717) is 24.9 Å². The van der Waals surface area contributed by atoms with Crippen LogP contribution in [0.25, 0.3) is 11.4 Å². The number of carbonyl (C=O) groups excluding carboxylic acids is 1. The summed E-state index contributed by atoms with van der Waals surface area (Å²) in [6, 6.07) is 9.89. The quantitative estimate of drug-likeness (QED) is 0.823. The fourth-order valence-electron chi connectivity index (χ4n) is 3.84. The number of carbonyl (C=O) groups is 1. The number of benzene rings is 1. The molecule has 0 N–H and O–H groups in total. The van der Waals surface area contributed by atoms with E-state index in [2.05, 4.69) is 22.0 Å². The minimum Gasteiger partial charge on any atom is -0.378 e. The van der Waals surface area contributed by atoms with Gasteiger partial charge in [-0.05, 0) is 32.9 Å². The van der Waals surface area contributed by atoms with Crippen LogP contribution in [0, 0.1) is 5.92 Å². The monoisotopic (exact) mass is 370 g/mol. The van der Waals surface area contributed by atoms with Crippen molar-refractivity contribution in [3.63, 3.8) is 0 Å². The van der Waals surface area contributed by atoms with Gasteiger partial charge in [0.2, 0.25) is 17.6 Å². The summed E-state index contributed by atoms with van der Waals surface area (Å²) in [6.45, 7) is 6.58. The van der Waals surface area contributed by atoms with Gasteiger partial charge in [-0.1, -0.05) is 35.5 Å². The van der Waals surface area contributed by atoms with Crippen LogP contribution in [0.2, 0.25) is 0 Å². The number of morpholine rings is 1. The Kier molecular flexibility index (Phi) is 5.50. The Bertz CT molecular complexity index is 750. The number of piperidine rings is 1. The van der Waals surface area contributed by atoms with E-state index in [9.17, 15) is 4.79 Å². The molecule has 1 aromatic heterocycles. The highest BCUT2D eigenvalue weighted by Crippen LogP contribution is 2.28. The molecular formula is C20H26N4O3. The number of nitrogens with zero attached hydrogens (tertiary/aromatic N) is 4. The summed E-state index contributed by atoms with van der Waals surface area (Å²) in [5, 5.41) is 4.12. The Morgan fingerprint density at radius 3 is 2.52 bits per heavy atom. The molecule has 2 aliphatic heterocycles. The van der Waals surface area contributed by atoms with Gasteiger partial charge in [-0.25, -0.2) is 0 Å². The third-order valence-corrected chi connectivity index (χ3v) is 5.58. The summed E-state index contributed by atoms with van der Waals surface area (Å²) in [5.41, 5.74) is 0.953. The van der Waals surface area contributed by atoms with Gasteiger partial charge in [0.25, 0.3) is 0 Å². The summed E-state index contributed by atoms with van der Waals surface area (Å²) < 4.78 is 10.9. The van der Waals surface area contributed by atoms with Crippen LogP contribution >= 0.6 is 0 Å².